The summed E-state index contributed by atoms with van der Waals surface area (Å²) in [7, 11) is 0. The summed E-state index contributed by atoms with van der Waals surface area (Å²) in [6.07, 6.45) is 5.67. The third-order valence-corrected chi connectivity index (χ3v) is 8.78. The van der Waals surface area contributed by atoms with Crippen molar-refractivity contribution in [3.63, 3.8) is 0 Å². The van der Waals surface area contributed by atoms with Crippen LogP contribution in [0.5, 0.6) is 0 Å². The van der Waals surface area contributed by atoms with Crippen molar-refractivity contribution in [2.75, 3.05) is 49.7 Å². The van der Waals surface area contributed by atoms with Crippen LogP contribution in [0.3, 0.4) is 0 Å². The van der Waals surface area contributed by atoms with Crippen LogP contribution in [0.1, 0.15) is 31.4 Å². The van der Waals surface area contributed by atoms with Crippen molar-refractivity contribution in [1.82, 2.24) is 20.3 Å². The third kappa shape index (κ3) is 5.80. The van der Waals surface area contributed by atoms with Crippen LogP contribution in [-0.2, 0) is 9.48 Å². The first-order chi connectivity index (χ1) is 17.6. The van der Waals surface area contributed by atoms with Crippen molar-refractivity contribution >= 4 is 40.6 Å². The quantitative estimate of drug-likeness (QED) is 0.357. The Balaban J connectivity index is 1.42. The molecule has 1 aromatic carbocycles. The van der Waals surface area contributed by atoms with Crippen LogP contribution in [0, 0.1) is 0 Å². The lowest BCUT2D eigenvalue weighted by atomic mass is 9.81. The number of hydrogen-bond donors (Lipinski definition) is 3. The van der Waals surface area contributed by atoms with Gasteiger partial charge in [0.2, 0.25) is 0 Å². The van der Waals surface area contributed by atoms with Gasteiger partial charge in [0, 0.05) is 55.1 Å². The van der Waals surface area contributed by atoms with Crippen molar-refractivity contribution in [1.29, 1.82) is 0 Å². The van der Waals surface area contributed by atoms with Gasteiger partial charge in [-0.1, -0.05) is 11.8 Å². The van der Waals surface area contributed by atoms with E-state index in [0.29, 0.717) is 37.7 Å². The van der Waals surface area contributed by atoms with Gasteiger partial charge in [-0.15, -0.1) is 11.3 Å². The number of rotatable bonds is 9. The number of benzene rings is 1. The van der Waals surface area contributed by atoms with E-state index in [-0.39, 0.29) is 17.4 Å². The minimum absolute atomic E-state index is 0.0457. The minimum Gasteiger partial charge on any atom is -0.396 e. The lowest BCUT2D eigenvalue weighted by molar-refractivity contribution is 0.122. The molecule has 0 atom stereocenters. The highest BCUT2D eigenvalue weighted by atomic mass is 32.2. The lowest BCUT2D eigenvalue weighted by Gasteiger charge is -2.40. The number of anilines is 2. The van der Waals surface area contributed by atoms with E-state index in [4.69, 9.17) is 19.8 Å². The fourth-order valence-corrected chi connectivity index (χ4v) is 6.59. The molecular formula is C25H30N6O3S2. The summed E-state index contributed by atoms with van der Waals surface area (Å²) in [6.45, 7) is 3.45. The summed E-state index contributed by atoms with van der Waals surface area (Å²) in [5.74, 6) is 1.61. The zero-order valence-corrected chi connectivity index (χ0v) is 21.6. The van der Waals surface area contributed by atoms with Gasteiger partial charge in [-0.25, -0.2) is 19.7 Å². The van der Waals surface area contributed by atoms with Crippen molar-refractivity contribution in [3.05, 3.63) is 47.6 Å². The number of amides is 2. The first-order valence-corrected chi connectivity index (χ1v) is 13.9. The molecule has 1 saturated heterocycles. The topological polar surface area (TPSA) is 112 Å². The Morgan fingerprint density at radius 1 is 1.19 bits per heavy atom. The fraction of sp³-hybridized carbons (Fsp3) is 0.440. The summed E-state index contributed by atoms with van der Waals surface area (Å²) in [4.78, 5) is 28.9. The Labute approximate surface area is 218 Å². The average molecular weight is 527 g/mol. The van der Waals surface area contributed by atoms with Gasteiger partial charge < -0.3 is 25.4 Å². The van der Waals surface area contributed by atoms with Gasteiger partial charge in [-0.05, 0) is 49.9 Å². The summed E-state index contributed by atoms with van der Waals surface area (Å²) in [6, 6.07) is 9.44. The van der Waals surface area contributed by atoms with E-state index in [2.05, 4.69) is 26.6 Å². The second-order valence-electron chi connectivity index (χ2n) is 8.82. The molecule has 3 N–H and O–H groups in total. The van der Waals surface area contributed by atoms with E-state index >= 15 is 0 Å². The number of aromatic nitrogens is 3. The molecule has 3 heterocycles. The Morgan fingerprint density at radius 2 is 2.00 bits per heavy atom. The fourth-order valence-electron chi connectivity index (χ4n) is 4.25. The van der Waals surface area contributed by atoms with E-state index in [9.17, 15) is 4.79 Å². The highest BCUT2D eigenvalue weighted by molar-refractivity contribution is 8.01. The maximum atomic E-state index is 12.0. The Hall–Kier alpha value is -2.73. The highest BCUT2D eigenvalue weighted by Crippen LogP contribution is 2.55. The second kappa shape index (κ2) is 11.5. The Bertz CT molecular complexity index is 1150. The molecule has 1 saturated carbocycles. The number of urea groups is 1. The molecule has 0 spiro atoms. The van der Waals surface area contributed by atoms with Gasteiger partial charge in [0.05, 0.1) is 23.7 Å². The average Bonchev–Trinajstić information content (AvgIpc) is 3.40. The van der Waals surface area contributed by atoms with Crippen molar-refractivity contribution in [2.45, 2.75) is 34.8 Å². The predicted octanol–water partition coefficient (Wildman–Crippen LogP) is 4.11. The minimum atomic E-state index is -0.296. The first-order valence-electron chi connectivity index (χ1n) is 12.2. The molecule has 3 aromatic rings. The van der Waals surface area contributed by atoms with Crippen LogP contribution in [0.15, 0.2) is 46.2 Å². The number of aliphatic hydroxyl groups excluding tert-OH is 1. The van der Waals surface area contributed by atoms with E-state index in [1.54, 1.807) is 11.3 Å². The van der Waals surface area contributed by atoms with Crippen molar-refractivity contribution in [2.24, 2.45) is 0 Å². The second-order valence-corrected chi connectivity index (χ2v) is 11.3. The zero-order chi connectivity index (χ0) is 24.8. The highest BCUT2D eigenvalue weighted by Gasteiger charge is 2.42. The SMILES string of the molecule is O=C(NCCCO)Nc1ccc(-c2nc(N3CCOCC3)cc(C3(Sc4nccs4)CCC3)n2)cc1. The molecule has 36 heavy (non-hydrogen) atoms. The van der Waals surface area contributed by atoms with Gasteiger partial charge in [0.1, 0.15) is 5.82 Å². The molecule has 1 aliphatic heterocycles. The van der Waals surface area contributed by atoms with Gasteiger partial charge >= 0.3 is 6.03 Å². The number of nitrogens with zero attached hydrogens (tertiary/aromatic N) is 4. The normalized spacial score (nSPS) is 16.9. The lowest BCUT2D eigenvalue weighted by Crippen LogP contribution is -2.38. The number of carbonyl (C=O) groups excluding carboxylic acids is 1. The van der Waals surface area contributed by atoms with Gasteiger partial charge in [0.15, 0.2) is 10.2 Å². The molecule has 11 heteroatoms. The number of thioether (sulfide) groups is 1. The van der Waals surface area contributed by atoms with E-state index in [1.807, 2.05) is 47.6 Å². The van der Waals surface area contributed by atoms with Crippen molar-refractivity contribution in [3.8, 4) is 11.4 Å². The van der Waals surface area contributed by atoms with Crippen LogP contribution in [0.4, 0.5) is 16.3 Å². The van der Waals surface area contributed by atoms with Crippen LogP contribution in [0.2, 0.25) is 0 Å². The molecule has 9 nitrogen and oxygen atoms in total. The van der Waals surface area contributed by atoms with Crippen LogP contribution < -0.4 is 15.5 Å². The molecule has 1 aliphatic carbocycles. The van der Waals surface area contributed by atoms with Gasteiger partial charge in [-0.2, -0.15) is 0 Å². The third-order valence-electron chi connectivity index (χ3n) is 6.39. The standard InChI is InChI=1S/C25H30N6O3S2/c32-13-2-9-26-23(33)28-19-5-3-18(4-6-19)22-29-20(17-21(30-22)31-11-14-34-15-12-31)25(7-1-8-25)36-24-27-10-16-35-24/h3-6,10,16-17,32H,1-2,7-9,11-15H2,(H2,26,28,33). The maximum absolute atomic E-state index is 12.0. The molecule has 190 valence electrons. The van der Waals surface area contributed by atoms with Crippen LogP contribution in [-0.4, -0.2) is 65.5 Å². The van der Waals surface area contributed by atoms with E-state index in [1.165, 1.54) is 6.42 Å². The van der Waals surface area contributed by atoms with Crippen LogP contribution in [0.25, 0.3) is 11.4 Å². The molecule has 2 amide bonds. The number of carbonyl (C=O) groups is 1. The zero-order valence-electron chi connectivity index (χ0n) is 20.0. The van der Waals surface area contributed by atoms with Crippen LogP contribution >= 0.6 is 23.1 Å². The van der Waals surface area contributed by atoms with Gasteiger partial charge in [0.25, 0.3) is 0 Å². The molecule has 0 bridgehead atoms. The molecule has 0 unspecified atom stereocenters. The molecule has 2 aromatic heterocycles. The summed E-state index contributed by atoms with van der Waals surface area (Å²) in [5.41, 5.74) is 2.62. The summed E-state index contributed by atoms with van der Waals surface area (Å²) >= 11 is 3.49. The molecule has 2 aliphatic rings. The predicted molar refractivity (Wildman–Crippen MR) is 143 cm³/mol. The summed E-state index contributed by atoms with van der Waals surface area (Å²) in [5, 5.41) is 16.4. The molecule has 0 radical (unpaired) electrons. The van der Waals surface area contributed by atoms with Crippen molar-refractivity contribution < 1.29 is 14.6 Å². The number of aliphatic hydroxyl groups is 1. The monoisotopic (exact) mass is 526 g/mol. The number of thiazole rings is 1. The Kier molecular flexibility index (Phi) is 8.00. The van der Waals surface area contributed by atoms with Gasteiger partial charge in [-0.3, -0.25) is 0 Å². The van der Waals surface area contributed by atoms with E-state index < -0.39 is 0 Å². The number of morpholine rings is 1. The number of hydrogen-bond acceptors (Lipinski definition) is 9. The smallest absolute Gasteiger partial charge is 0.319 e. The summed E-state index contributed by atoms with van der Waals surface area (Å²) < 4.78 is 6.54. The Morgan fingerprint density at radius 3 is 2.67 bits per heavy atom. The first kappa shape index (κ1) is 24.9. The number of ether oxygens (including phenoxy) is 1. The molecular weight excluding hydrogens is 496 g/mol. The molecule has 2 fully saturated rings. The van der Waals surface area contributed by atoms with E-state index in [0.717, 1.165) is 47.3 Å². The number of nitrogens with one attached hydrogen (secondary N) is 2. The maximum Gasteiger partial charge on any atom is 0.319 e. The largest absolute Gasteiger partial charge is 0.396 e. The molecule has 5 rings (SSSR count).